The van der Waals surface area contributed by atoms with Crippen LogP contribution in [0, 0.1) is 0 Å². The highest BCUT2D eigenvalue weighted by Crippen LogP contribution is 2.09. The Morgan fingerprint density at radius 2 is 1.29 bits per heavy atom. The van der Waals surface area contributed by atoms with Gasteiger partial charge in [-0.15, -0.1) is 6.58 Å². The van der Waals surface area contributed by atoms with Gasteiger partial charge in [-0.3, -0.25) is 0 Å². The van der Waals surface area contributed by atoms with Crippen molar-refractivity contribution in [1.82, 2.24) is 13.7 Å². The van der Waals surface area contributed by atoms with E-state index in [1.807, 2.05) is 0 Å². The Kier molecular flexibility index (Phi) is 9.12. The molecule has 0 fully saturated rings. The molecule has 0 aliphatic heterocycles. The first kappa shape index (κ1) is 20.2. The van der Waals surface area contributed by atoms with Crippen LogP contribution in [0.1, 0.15) is 64.7 Å². The highest BCUT2D eigenvalue weighted by molar-refractivity contribution is 4.81. The standard InChI is InChI=1S/C18H31N3O3/c1-4-6-7-8-9-10-11-12-13-15-21-17(23)19(3)16(22)20(14-5-2)18(21)24/h5H,2,4,6-15H2,1,3H3. The third-order valence-electron chi connectivity index (χ3n) is 4.29. The van der Waals surface area contributed by atoms with Crippen molar-refractivity contribution in [2.45, 2.75) is 77.8 Å². The number of rotatable bonds is 12. The quantitative estimate of drug-likeness (QED) is 0.434. The van der Waals surface area contributed by atoms with Gasteiger partial charge in [-0.05, 0) is 6.42 Å². The zero-order valence-corrected chi connectivity index (χ0v) is 15.1. The lowest BCUT2D eigenvalue weighted by Crippen LogP contribution is -2.53. The van der Waals surface area contributed by atoms with Crippen LogP contribution in [0.2, 0.25) is 0 Å². The number of allylic oxidation sites excluding steroid dienone is 1. The molecule has 6 heteroatoms. The molecule has 136 valence electrons. The molecule has 0 aromatic carbocycles. The van der Waals surface area contributed by atoms with Gasteiger partial charge in [0.15, 0.2) is 0 Å². The van der Waals surface area contributed by atoms with E-state index < -0.39 is 17.1 Å². The molecule has 1 aromatic heterocycles. The smallest absolute Gasteiger partial charge is 0.248 e. The predicted molar refractivity (Wildman–Crippen MR) is 97.6 cm³/mol. The van der Waals surface area contributed by atoms with Gasteiger partial charge in [0.2, 0.25) is 0 Å². The lowest BCUT2D eigenvalue weighted by Gasteiger charge is -2.10. The molecule has 0 radical (unpaired) electrons. The van der Waals surface area contributed by atoms with Crippen molar-refractivity contribution < 1.29 is 0 Å². The van der Waals surface area contributed by atoms with Crippen LogP contribution in [-0.4, -0.2) is 13.7 Å². The van der Waals surface area contributed by atoms with Crippen LogP contribution in [0.3, 0.4) is 0 Å². The summed E-state index contributed by atoms with van der Waals surface area (Å²) in [6.45, 7) is 6.23. The van der Waals surface area contributed by atoms with Crippen molar-refractivity contribution in [3.8, 4) is 0 Å². The first-order valence-corrected chi connectivity index (χ1v) is 9.06. The van der Waals surface area contributed by atoms with Crippen LogP contribution >= 0.6 is 0 Å². The minimum Gasteiger partial charge on any atom is -0.248 e. The topological polar surface area (TPSA) is 66.0 Å². The Hall–Kier alpha value is -1.85. The molecular weight excluding hydrogens is 306 g/mol. The monoisotopic (exact) mass is 337 g/mol. The SMILES string of the molecule is C=CCn1c(=O)n(C)c(=O)n(CCCCCCCCCCC)c1=O. The van der Waals surface area contributed by atoms with E-state index in [4.69, 9.17) is 0 Å². The summed E-state index contributed by atoms with van der Waals surface area (Å²) in [6, 6.07) is 0. The summed E-state index contributed by atoms with van der Waals surface area (Å²) in [6.07, 6.45) is 12.0. The minimum absolute atomic E-state index is 0.115. The number of unbranched alkanes of at least 4 members (excludes halogenated alkanes) is 8. The van der Waals surface area contributed by atoms with E-state index in [0.29, 0.717) is 6.54 Å². The van der Waals surface area contributed by atoms with Crippen molar-refractivity contribution in [2.75, 3.05) is 0 Å². The Labute approximate surface area is 143 Å². The van der Waals surface area contributed by atoms with Gasteiger partial charge in [-0.2, -0.15) is 0 Å². The molecule has 0 atom stereocenters. The van der Waals surface area contributed by atoms with Gasteiger partial charge in [0, 0.05) is 13.6 Å². The average Bonchev–Trinajstić information content (AvgIpc) is 2.58. The molecule has 0 aliphatic carbocycles. The molecule has 0 saturated heterocycles. The molecule has 0 bridgehead atoms. The van der Waals surface area contributed by atoms with Crippen LogP contribution in [0.15, 0.2) is 27.0 Å². The number of nitrogens with zero attached hydrogens (tertiary/aromatic N) is 3. The summed E-state index contributed by atoms with van der Waals surface area (Å²) in [5.41, 5.74) is -1.67. The van der Waals surface area contributed by atoms with Gasteiger partial charge >= 0.3 is 17.1 Å². The van der Waals surface area contributed by atoms with Crippen molar-refractivity contribution in [1.29, 1.82) is 0 Å². The maximum Gasteiger partial charge on any atom is 0.336 e. The van der Waals surface area contributed by atoms with E-state index >= 15 is 0 Å². The zero-order chi connectivity index (χ0) is 17.9. The van der Waals surface area contributed by atoms with E-state index in [0.717, 1.165) is 33.0 Å². The average molecular weight is 337 g/mol. The fourth-order valence-electron chi connectivity index (χ4n) is 2.81. The maximum absolute atomic E-state index is 12.3. The summed E-state index contributed by atoms with van der Waals surface area (Å²) in [4.78, 5) is 36.3. The Morgan fingerprint density at radius 3 is 1.83 bits per heavy atom. The number of aromatic nitrogens is 3. The third-order valence-corrected chi connectivity index (χ3v) is 4.29. The van der Waals surface area contributed by atoms with Crippen LogP contribution in [0.5, 0.6) is 0 Å². The van der Waals surface area contributed by atoms with E-state index in [-0.39, 0.29) is 6.54 Å². The third kappa shape index (κ3) is 5.65. The fraction of sp³-hybridized carbons (Fsp3) is 0.722. The largest absolute Gasteiger partial charge is 0.336 e. The normalized spacial score (nSPS) is 10.9. The lowest BCUT2D eigenvalue weighted by molar-refractivity contribution is 0.463. The molecule has 1 aromatic rings. The van der Waals surface area contributed by atoms with E-state index in [1.165, 1.54) is 51.6 Å². The maximum atomic E-state index is 12.3. The first-order valence-electron chi connectivity index (χ1n) is 9.06. The van der Waals surface area contributed by atoms with Crippen molar-refractivity contribution >= 4 is 0 Å². The van der Waals surface area contributed by atoms with Crippen molar-refractivity contribution in [2.24, 2.45) is 7.05 Å². The molecule has 0 spiro atoms. The van der Waals surface area contributed by atoms with Gasteiger partial charge in [-0.1, -0.05) is 64.4 Å². The minimum atomic E-state index is -0.590. The molecular formula is C18H31N3O3. The summed E-state index contributed by atoms with van der Waals surface area (Å²) < 4.78 is 3.19. The van der Waals surface area contributed by atoms with Gasteiger partial charge in [0.25, 0.3) is 0 Å². The van der Waals surface area contributed by atoms with Crippen molar-refractivity contribution in [3.63, 3.8) is 0 Å². The fourth-order valence-corrected chi connectivity index (χ4v) is 2.81. The molecule has 0 saturated carbocycles. The first-order chi connectivity index (χ1) is 11.5. The highest BCUT2D eigenvalue weighted by atomic mass is 16.2. The second kappa shape index (κ2) is 10.8. The summed E-state index contributed by atoms with van der Waals surface area (Å²) in [5.74, 6) is 0. The summed E-state index contributed by atoms with van der Waals surface area (Å²) in [7, 11) is 1.40. The second-order valence-corrected chi connectivity index (χ2v) is 6.29. The Bertz CT molecular complexity index is 682. The summed E-state index contributed by atoms with van der Waals surface area (Å²) >= 11 is 0. The number of hydrogen-bond acceptors (Lipinski definition) is 3. The van der Waals surface area contributed by atoms with Gasteiger partial charge in [0.1, 0.15) is 0 Å². The van der Waals surface area contributed by atoms with Gasteiger partial charge in [0.05, 0.1) is 6.54 Å². The van der Waals surface area contributed by atoms with E-state index in [9.17, 15) is 14.4 Å². The van der Waals surface area contributed by atoms with E-state index in [1.54, 1.807) is 0 Å². The van der Waals surface area contributed by atoms with Gasteiger partial charge < -0.3 is 0 Å². The molecule has 24 heavy (non-hydrogen) atoms. The lowest BCUT2D eigenvalue weighted by atomic mass is 10.1. The van der Waals surface area contributed by atoms with E-state index in [2.05, 4.69) is 13.5 Å². The number of hydrogen-bond donors (Lipinski definition) is 0. The molecule has 1 heterocycles. The van der Waals surface area contributed by atoms with Crippen LogP contribution < -0.4 is 17.1 Å². The molecule has 0 aliphatic rings. The van der Waals surface area contributed by atoms with Crippen LogP contribution in [-0.2, 0) is 20.1 Å². The van der Waals surface area contributed by atoms with Crippen LogP contribution in [0.25, 0.3) is 0 Å². The van der Waals surface area contributed by atoms with Crippen molar-refractivity contribution in [3.05, 3.63) is 44.1 Å². The highest BCUT2D eigenvalue weighted by Gasteiger charge is 2.11. The second-order valence-electron chi connectivity index (χ2n) is 6.29. The van der Waals surface area contributed by atoms with Crippen LogP contribution in [0.4, 0.5) is 0 Å². The Morgan fingerprint density at radius 1 is 0.792 bits per heavy atom. The molecule has 0 amide bonds. The molecule has 0 unspecified atom stereocenters. The summed E-state index contributed by atoms with van der Waals surface area (Å²) in [5, 5.41) is 0. The predicted octanol–water partition coefficient (Wildman–Crippen LogP) is 2.43. The molecule has 0 N–H and O–H groups in total. The molecule has 6 nitrogen and oxygen atoms in total. The zero-order valence-electron chi connectivity index (χ0n) is 15.1. The van der Waals surface area contributed by atoms with Gasteiger partial charge in [-0.25, -0.2) is 28.1 Å². The Balaban J connectivity index is 2.54. The molecule has 1 rings (SSSR count).